The fourth-order valence-electron chi connectivity index (χ4n) is 0. The van der Waals surface area contributed by atoms with Crippen LogP contribution in [0, 0.1) is 47.3 Å². The predicted molar refractivity (Wildman–Crippen MR) is 19.9 cm³/mol. The SMILES string of the molecule is [C-]#N.[C-]#N.[C-]#N.[C-]#N.[Li+].[Li+].[Pt+2]. The van der Waals surface area contributed by atoms with Gasteiger partial charge in [-0.25, -0.2) is 0 Å². The van der Waals surface area contributed by atoms with Crippen molar-refractivity contribution >= 4 is 0 Å². The minimum absolute atomic E-state index is 0. The summed E-state index contributed by atoms with van der Waals surface area (Å²) in [5.41, 5.74) is 0. The summed E-state index contributed by atoms with van der Waals surface area (Å²) in [4.78, 5) is 0. The van der Waals surface area contributed by atoms with Gasteiger partial charge < -0.3 is 47.3 Å². The van der Waals surface area contributed by atoms with Crippen LogP contribution in [0.15, 0.2) is 0 Å². The maximum absolute atomic E-state index is 6.25. The Morgan fingerprint density at radius 3 is 0.455 bits per heavy atom. The van der Waals surface area contributed by atoms with Gasteiger partial charge in [0, 0.05) is 0 Å². The number of hydrogen-bond donors (Lipinski definition) is 0. The summed E-state index contributed by atoms with van der Waals surface area (Å²) in [6, 6.07) is 0. The van der Waals surface area contributed by atoms with E-state index < -0.39 is 0 Å². The van der Waals surface area contributed by atoms with E-state index in [1.807, 2.05) is 0 Å². The van der Waals surface area contributed by atoms with Crippen LogP contribution < -0.4 is 37.7 Å². The molecule has 0 amide bonds. The molecular formula is C4Li2N4Pt. The van der Waals surface area contributed by atoms with Gasteiger partial charge in [-0.1, -0.05) is 0 Å². The average molecular weight is 313 g/mol. The van der Waals surface area contributed by atoms with Crippen molar-refractivity contribution < 1.29 is 58.8 Å². The molecule has 0 aliphatic carbocycles. The van der Waals surface area contributed by atoms with Crippen LogP contribution in [0.3, 0.4) is 0 Å². The van der Waals surface area contributed by atoms with Crippen LogP contribution >= 0.6 is 0 Å². The zero-order valence-corrected chi connectivity index (χ0v) is 8.38. The van der Waals surface area contributed by atoms with Gasteiger partial charge in [-0.3, -0.25) is 0 Å². The van der Waals surface area contributed by atoms with Gasteiger partial charge in [-0.2, -0.15) is 0 Å². The van der Waals surface area contributed by atoms with E-state index in [1.54, 1.807) is 0 Å². The van der Waals surface area contributed by atoms with Crippen LogP contribution in [-0.4, -0.2) is 0 Å². The summed E-state index contributed by atoms with van der Waals surface area (Å²) in [6.07, 6.45) is 0. The molecule has 0 aliphatic heterocycles. The van der Waals surface area contributed by atoms with Gasteiger partial charge in [0.2, 0.25) is 0 Å². The van der Waals surface area contributed by atoms with Gasteiger partial charge in [0.05, 0.1) is 0 Å². The van der Waals surface area contributed by atoms with E-state index in [9.17, 15) is 0 Å². The first-order valence-electron chi connectivity index (χ1n) is 0.894. The quantitative estimate of drug-likeness (QED) is 0.329. The normalized spacial score (nSPS) is 0.727. The van der Waals surface area contributed by atoms with Crippen molar-refractivity contribution in [1.82, 2.24) is 0 Å². The molecule has 0 aromatic heterocycles. The molecule has 0 aromatic carbocycles. The van der Waals surface area contributed by atoms with E-state index in [2.05, 4.69) is 0 Å². The third kappa shape index (κ3) is 24600. The van der Waals surface area contributed by atoms with Crippen LogP contribution in [0.5, 0.6) is 0 Å². The second-order valence-corrected chi connectivity index (χ2v) is 0. The van der Waals surface area contributed by atoms with Gasteiger partial charge in [0.25, 0.3) is 0 Å². The Balaban J connectivity index is -0.00000000356. The largest absolute Gasteiger partial charge is 2.00 e. The summed E-state index contributed by atoms with van der Waals surface area (Å²) >= 11 is 0. The van der Waals surface area contributed by atoms with Crippen molar-refractivity contribution in [2.45, 2.75) is 0 Å². The van der Waals surface area contributed by atoms with Crippen LogP contribution in [0.4, 0.5) is 0 Å². The number of hydrogen-bond acceptors (Lipinski definition) is 4. The van der Waals surface area contributed by atoms with Crippen molar-refractivity contribution in [3.05, 3.63) is 26.3 Å². The molecule has 0 bridgehead atoms. The standard InChI is InChI=1S/4CN.2Li.Pt/c4*1-2;;;/q4*-1;2*+1;+2. The maximum Gasteiger partial charge on any atom is 2.00 e. The maximum atomic E-state index is 6.25. The Morgan fingerprint density at radius 2 is 0.455 bits per heavy atom. The summed E-state index contributed by atoms with van der Waals surface area (Å²) in [5, 5.41) is 25.0. The van der Waals surface area contributed by atoms with E-state index in [-0.39, 0.29) is 58.8 Å². The number of nitrogens with zero attached hydrogens (tertiary/aromatic N) is 4. The van der Waals surface area contributed by atoms with Crippen molar-refractivity contribution in [3.63, 3.8) is 0 Å². The van der Waals surface area contributed by atoms with E-state index in [1.165, 1.54) is 0 Å². The van der Waals surface area contributed by atoms with Gasteiger partial charge in [-0.15, -0.1) is 0 Å². The molecule has 0 saturated heterocycles. The van der Waals surface area contributed by atoms with E-state index in [4.69, 9.17) is 47.3 Å². The molecule has 0 aromatic rings. The van der Waals surface area contributed by atoms with Crippen LogP contribution in [0.25, 0.3) is 0 Å². The third-order valence-corrected chi connectivity index (χ3v) is 0. The molecule has 0 radical (unpaired) electrons. The summed E-state index contributed by atoms with van der Waals surface area (Å²) in [6.45, 7) is 19.0. The zero-order valence-electron chi connectivity index (χ0n) is 6.11. The smallest absolute Gasteiger partial charge is 0.512 e. The Labute approximate surface area is 105 Å². The second kappa shape index (κ2) is 31300. The van der Waals surface area contributed by atoms with Crippen LogP contribution in [0.1, 0.15) is 0 Å². The molecule has 0 atom stereocenters. The second-order valence-electron chi connectivity index (χ2n) is 0. The number of rotatable bonds is 0. The van der Waals surface area contributed by atoms with Crippen molar-refractivity contribution in [3.8, 4) is 0 Å². The molecule has 0 spiro atoms. The van der Waals surface area contributed by atoms with Crippen molar-refractivity contribution in [1.29, 1.82) is 21.0 Å². The summed E-state index contributed by atoms with van der Waals surface area (Å²) in [7, 11) is 0. The zero-order chi connectivity index (χ0) is 8.00. The molecule has 0 aliphatic rings. The monoisotopic (exact) mass is 313 g/mol. The summed E-state index contributed by atoms with van der Waals surface area (Å²) < 4.78 is 0. The molecule has 0 saturated carbocycles. The van der Waals surface area contributed by atoms with E-state index in [0.717, 1.165) is 0 Å². The first-order chi connectivity index (χ1) is 4.00. The van der Waals surface area contributed by atoms with Crippen molar-refractivity contribution in [2.24, 2.45) is 0 Å². The Hall–Kier alpha value is -0.157. The van der Waals surface area contributed by atoms with Gasteiger partial charge in [0.15, 0.2) is 0 Å². The van der Waals surface area contributed by atoms with Gasteiger partial charge in [0.1, 0.15) is 0 Å². The minimum Gasteiger partial charge on any atom is -0.512 e. The summed E-state index contributed by atoms with van der Waals surface area (Å²) in [5.74, 6) is 0. The fourth-order valence-corrected chi connectivity index (χ4v) is 0. The first-order valence-corrected chi connectivity index (χ1v) is 0.894. The first kappa shape index (κ1) is 71.1. The molecule has 11 heavy (non-hydrogen) atoms. The molecule has 0 rings (SSSR count). The molecule has 0 N–H and O–H groups in total. The Morgan fingerprint density at radius 1 is 0.455 bits per heavy atom. The molecule has 4 nitrogen and oxygen atoms in total. The Kier molecular flexibility index (Phi) is 202000. The molecule has 7 heteroatoms. The predicted octanol–water partition coefficient (Wildman–Crippen LogP) is -5.61. The van der Waals surface area contributed by atoms with Crippen LogP contribution in [0.2, 0.25) is 0 Å². The van der Waals surface area contributed by atoms with Gasteiger partial charge in [-0.05, 0) is 0 Å². The molecule has 0 heterocycles. The van der Waals surface area contributed by atoms with Gasteiger partial charge >= 0.3 is 58.8 Å². The fraction of sp³-hybridized carbons (Fsp3) is 0. The average Bonchev–Trinajstić information content (AvgIpc) is 2.03. The third-order valence-electron chi connectivity index (χ3n) is 0. The molecular weight excluding hydrogens is 313 g/mol. The van der Waals surface area contributed by atoms with E-state index in [0.29, 0.717) is 0 Å². The topological polar surface area (TPSA) is 95.2 Å². The van der Waals surface area contributed by atoms with Crippen LogP contribution in [-0.2, 0) is 21.1 Å². The minimum atomic E-state index is 0. The van der Waals surface area contributed by atoms with Crippen molar-refractivity contribution in [2.75, 3.05) is 0 Å². The molecule has 0 unspecified atom stereocenters. The molecule has 0 fully saturated rings. The molecule has 48 valence electrons. The Bertz CT molecular complexity index is 63.1. The van der Waals surface area contributed by atoms with E-state index >= 15 is 0 Å².